The predicted octanol–water partition coefficient (Wildman–Crippen LogP) is 3.85. The number of hydrogen-bond donors (Lipinski definition) is 2. The van der Waals surface area contributed by atoms with Crippen LogP contribution >= 0.6 is 0 Å². The van der Waals surface area contributed by atoms with Crippen LogP contribution in [0.25, 0.3) is 0 Å². The third-order valence-corrected chi connectivity index (χ3v) is 3.17. The van der Waals surface area contributed by atoms with Gasteiger partial charge in [0, 0.05) is 39.7 Å². The fraction of sp³-hybridized carbons (Fsp3) is 0.312. The van der Waals surface area contributed by atoms with Gasteiger partial charge in [0.15, 0.2) is 5.82 Å². The Morgan fingerprint density at radius 3 is 2.55 bits per heavy atom. The molecule has 0 unspecified atom stereocenters. The van der Waals surface area contributed by atoms with Gasteiger partial charge < -0.3 is 10.2 Å². The highest BCUT2D eigenvalue weighted by atomic mass is 16.2. The molecule has 0 bridgehead atoms. The number of aromatic nitrogens is 2. The number of benzene rings is 1. The van der Waals surface area contributed by atoms with Gasteiger partial charge >= 0.3 is 6.03 Å². The van der Waals surface area contributed by atoms with E-state index in [1.807, 2.05) is 24.3 Å². The standard InChI is InChI=1S/C16H21N5O.2H2/c1-3-11-21(4-2)14-7-5-13(6-8-14)19-16(22)20-15-12-17-9-10-18-15;;/h5-10,12H,3-4,11H2,1-2H3,(H2,18,19,20,22);2*1H. The van der Waals surface area contributed by atoms with Crippen LogP contribution in [-0.2, 0) is 0 Å². The van der Waals surface area contributed by atoms with Crippen LogP contribution in [0.15, 0.2) is 42.9 Å². The Hall–Kier alpha value is -2.63. The Morgan fingerprint density at radius 1 is 1.18 bits per heavy atom. The van der Waals surface area contributed by atoms with Crippen LogP contribution in [-0.4, -0.2) is 29.1 Å². The van der Waals surface area contributed by atoms with Crippen LogP contribution < -0.4 is 15.5 Å². The van der Waals surface area contributed by atoms with Crippen molar-refractivity contribution in [2.45, 2.75) is 20.3 Å². The lowest BCUT2D eigenvalue weighted by Gasteiger charge is -2.22. The molecule has 0 radical (unpaired) electrons. The van der Waals surface area contributed by atoms with Crippen LogP contribution in [0, 0.1) is 0 Å². The summed E-state index contributed by atoms with van der Waals surface area (Å²) in [5.41, 5.74) is 1.89. The first kappa shape index (κ1) is 15.8. The number of carbonyl (C=O) groups excluding carboxylic acids is 1. The zero-order chi connectivity index (χ0) is 15.8. The topological polar surface area (TPSA) is 70.2 Å². The first-order chi connectivity index (χ1) is 10.7. The fourth-order valence-electron chi connectivity index (χ4n) is 2.14. The number of nitrogens with zero attached hydrogens (tertiary/aromatic N) is 3. The van der Waals surface area contributed by atoms with Gasteiger partial charge in [-0.1, -0.05) is 6.92 Å². The van der Waals surface area contributed by atoms with E-state index in [0.717, 1.165) is 30.9 Å². The van der Waals surface area contributed by atoms with E-state index in [2.05, 4.69) is 39.3 Å². The second-order valence-electron chi connectivity index (χ2n) is 4.80. The van der Waals surface area contributed by atoms with Crippen molar-refractivity contribution >= 4 is 23.2 Å². The van der Waals surface area contributed by atoms with E-state index >= 15 is 0 Å². The molecule has 0 saturated heterocycles. The van der Waals surface area contributed by atoms with Gasteiger partial charge in [0.1, 0.15) is 0 Å². The Bertz CT molecular complexity index is 595. The fourth-order valence-corrected chi connectivity index (χ4v) is 2.14. The predicted molar refractivity (Wildman–Crippen MR) is 93.5 cm³/mol. The molecule has 0 atom stereocenters. The molecule has 1 aromatic carbocycles. The third-order valence-electron chi connectivity index (χ3n) is 3.17. The van der Waals surface area contributed by atoms with Gasteiger partial charge in [0.05, 0.1) is 6.20 Å². The summed E-state index contributed by atoms with van der Waals surface area (Å²) in [6.45, 7) is 6.29. The minimum absolute atomic E-state index is 0. The maximum Gasteiger partial charge on any atom is 0.324 e. The highest BCUT2D eigenvalue weighted by Crippen LogP contribution is 2.18. The molecule has 0 saturated carbocycles. The largest absolute Gasteiger partial charge is 0.372 e. The number of nitrogens with one attached hydrogen (secondary N) is 2. The van der Waals surface area contributed by atoms with Crippen LogP contribution in [0.4, 0.5) is 22.0 Å². The summed E-state index contributed by atoms with van der Waals surface area (Å²) in [7, 11) is 0. The van der Waals surface area contributed by atoms with Crippen LogP contribution in [0.3, 0.4) is 0 Å². The number of carbonyl (C=O) groups is 1. The molecule has 0 aliphatic rings. The summed E-state index contributed by atoms with van der Waals surface area (Å²) in [4.78, 5) is 22.0. The van der Waals surface area contributed by atoms with Gasteiger partial charge in [-0.25, -0.2) is 9.78 Å². The van der Waals surface area contributed by atoms with E-state index in [0.29, 0.717) is 5.82 Å². The van der Waals surface area contributed by atoms with Crippen molar-refractivity contribution in [3.8, 4) is 0 Å². The molecule has 2 aromatic rings. The molecule has 1 aromatic heterocycles. The van der Waals surface area contributed by atoms with Crippen molar-refractivity contribution in [1.29, 1.82) is 0 Å². The van der Waals surface area contributed by atoms with Crippen molar-refractivity contribution in [1.82, 2.24) is 9.97 Å². The second-order valence-corrected chi connectivity index (χ2v) is 4.80. The van der Waals surface area contributed by atoms with Crippen molar-refractivity contribution in [2.24, 2.45) is 0 Å². The summed E-state index contributed by atoms with van der Waals surface area (Å²) in [6.07, 6.45) is 5.68. The lowest BCUT2D eigenvalue weighted by atomic mass is 10.2. The van der Waals surface area contributed by atoms with Gasteiger partial charge in [0.2, 0.25) is 0 Å². The molecule has 6 heteroatoms. The van der Waals surface area contributed by atoms with Crippen LogP contribution in [0.2, 0.25) is 0 Å². The number of rotatable bonds is 6. The summed E-state index contributed by atoms with van der Waals surface area (Å²) < 4.78 is 0. The van der Waals surface area contributed by atoms with Gasteiger partial charge in [-0.3, -0.25) is 10.3 Å². The number of amides is 2. The molecule has 22 heavy (non-hydrogen) atoms. The monoisotopic (exact) mass is 303 g/mol. The number of urea groups is 1. The SMILES string of the molecule is CCCN(CC)c1ccc(NC(=O)Nc2cnccn2)cc1.[HH].[HH]. The average Bonchev–Trinajstić information content (AvgIpc) is 2.54. The maximum absolute atomic E-state index is 11.9. The lowest BCUT2D eigenvalue weighted by molar-refractivity contribution is 0.262. The molecular formula is C16H25N5O. The third kappa shape index (κ3) is 4.44. The van der Waals surface area contributed by atoms with Crippen molar-refractivity contribution in [2.75, 3.05) is 28.6 Å². The average molecular weight is 303 g/mol. The Kier molecular flexibility index (Phi) is 5.71. The van der Waals surface area contributed by atoms with Crippen LogP contribution in [0.5, 0.6) is 0 Å². The number of hydrogen-bond acceptors (Lipinski definition) is 4. The Labute approximate surface area is 133 Å². The molecule has 0 spiro atoms. The van der Waals surface area contributed by atoms with E-state index in [1.165, 1.54) is 12.4 Å². The molecule has 6 nitrogen and oxygen atoms in total. The quantitative estimate of drug-likeness (QED) is 0.850. The zero-order valence-corrected chi connectivity index (χ0v) is 12.9. The Balaban J connectivity index is 0.00000264. The molecule has 0 fully saturated rings. The van der Waals surface area contributed by atoms with E-state index in [1.54, 1.807) is 6.20 Å². The van der Waals surface area contributed by atoms with Crippen LogP contribution in [0.1, 0.15) is 23.1 Å². The minimum atomic E-state index is -0.339. The normalized spacial score (nSPS) is 10.1. The molecule has 120 valence electrons. The molecular weight excluding hydrogens is 278 g/mol. The molecule has 1 heterocycles. The Morgan fingerprint density at radius 2 is 1.95 bits per heavy atom. The first-order valence-corrected chi connectivity index (χ1v) is 7.42. The zero-order valence-electron chi connectivity index (χ0n) is 12.9. The van der Waals surface area contributed by atoms with Gasteiger partial charge in [-0.15, -0.1) is 0 Å². The second kappa shape index (κ2) is 7.97. The van der Waals surface area contributed by atoms with E-state index < -0.39 is 0 Å². The minimum Gasteiger partial charge on any atom is -0.372 e. The summed E-state index contributed by atoms with van der Waals surface area (Å²) in [6, 6.07) is 7.47. The lowest BCUT2D eigenvalue weighted by Crippen LogP contribution is -2.23. The molecule has 2 amide bonds. The highest BCUT2D eigenvalue weighted by Gasteiger charge is 2.05. The van der Waals surface area contributed by atoms with Gasteiger partial charge in [0.25, 0.3) is 0 Å². The van der Waals surface area contributed by atoms with Crippen molar-refractivity contribution in [3.05, 3.63) is 42.9 Å². The maximum atomic E-state index is 11.9. The van der Waals surface area contributed by atoms with Crippen molar-refractivity contribution in [3.63, 3.8) is 0 Å². The molecule has 2 rings (SSSR count). The summed E-state index contributed by atoms with van der Waals surface area (Å²) in [5, 5.41) is 5.40. The number of anilines is 3. The first-order valence-electron chi connectivity index (χ1n) is 7.42. The summed E-state index contributed by atoms with van der Waals surface area (Å²) in [5.74, 6) is 0.414. The molecule has 2 N–H and O–H groups in total. The molecule has 0 aliphatic carbocycles. The van der Waals surface area contributed by atoms with Crippen molar-refractivity contribution < 1.29 is 7.65 Å². The van der Waals surface area contributed by atoms with E-state index in [4.69, 9.17) is 0 Å². The summed E-state index contributed by atoms with van der Waals surface area (Å²) >= 11 is 0. The highest BCUT2D eigenvalue weighted by molar-refractivity contribution is 5.99. The smallest absolute Gasteiger partial charge is 0.324 e. The van der Waals surface area contributed by atoms with E-state index in [9.17, 15) is 4.79 Å². The van der Waals surface area contributed by atoms with Gasteiger partial charge in [-0.2, -0.15) is 0 Å². The van der Waals surface area contributed by atoms with Gasteiger partial charge in [-0.05, 0) is 37.6 Å². The van der Waals surface area contributed by atoms with E-state index in [-0.39, 0.29) is 8.88 Å². The molecule has 0 aliphatic heterocycles.